The molecule has 0 heterocycles. The normalized spacial score (nSPS) is 9.83. The summed E-state index contributed by atoms with van der Waals surface area (Å²) < 4.78 is 8.15. The van der Waals surface area contributed by atoms with Gasteiger partial charge in [-0.05, 0) is 6.92 Å². The number of hydrogen-bond donors (Lipinski definition) is 3. The van der Waals surface area contributed by atoms with Crippen molar-refractivity contribution >= 4 is 15.0 Å². The van der Waals surface area contributed by atoms with Crippen molar-refractivity contribution in [3.63, 3.8) is 0 Å². The summed E-state index contributed by atoms with van der Waals surface area (Å²) in [5.41, 5.74) is 0. The van der Waals surface area contributed by atoms with Crippen molar-refractivity contribution in [1.82, 2.24) is 0 Å². The van der Waals surface area contributed by atoms with Gasteiger partial charge in [0.25, 0.3) is 0 Å². The van der Waals surface area contributed by atoms with E-state index in [0.29, 0.717) is 6.61 Å². The molecule has 6 nitrogen and oxygen atoms in total. The van der Waals surface area contributed by atoms with Gasteiger partial charge in [0.1, 0.15) is 0 Å². The molecule has 0 saturated heterocycles. The van der Waals surface area contributed by atoms with E-state index in [1.807, 2.05) is 0 Å². The van der Waals surface area contributed by atoms with Crippen molar-refractivity contribution < 1.29 is 28.3 Å². The molecule has 0 aliphatic heterocycles. The van der Waals surface area contributed by atoms with Crippen molar-refractivity contribution in [2.24, 2.45) is 0 Å². The fraction of sp³-hybridized carbons (Fsp3) is 0.800. The largest absolute Gasteiger partial charge is 0.671 e. The van der Waals surface area contributed by atoms with Crippen LogP contribution < -0.4 is 0 Å². The summed E-state index contributed by atoms with van der Waals surface area (Å²) in [6.07, 6.45) is 0. The number of carbonyl (C=O) groups excluding carboxylic acids is 1. The van der Waals surface area contributed by atoms with Gasteiger partial charge >= 0.3 is 15.0 Å². The predicted molar refractivity (Wildman–Crippen MR) is 41.7 cm³/mol. The van der Waals surface area contributed by atoms with E-state index < -0.39 is 9.05 Å². The van der Waals surface area contributed by atoms with Crippen LogP contribution in [0.1, 0.15) is 13.8 Å². The van der Waals surface area contributed by atoms with E-state index in [-0.39, 0.29) is 5.97 Å². The summed E-state index contributed by atoms with van der Waals surface area (Å²) in [6, 6.07) is 0. The van der Waals surface area contributed by atoms with Gasteiger partial charge in [0.2, 0.25) is 0 Å². The van der Waals surface area contributed by atoms with Gasteiger partial charge in [0.05, 0.1) is 6.61 Å². The fourth-order valence-corrected chi connectivity index (χ4v) is 0.203. The summed E-state index contributed by atoms with van der Waals surface area (Å²) in [7, 11) is -3.11. The smallest absolute Gasteiger partial charge is 0.466 e. The second kappa shape index (κ2) is 7.19. The molecule has 0 aromatic heterocycles. The standard InChI is InChI=1S/C4H8O2.CH6O4Si/c1-3-6-4(2)5;1-5-6(2,3)4/h3H2,1-2H3;2-4H,1H3. The van der Waals surface area contributed by atoms with Gasteiger partial charge in [-0.25, -0.2) is 0 Å². The third kappa shape index (κ3) is 22.7. The molecule has 3 N–H and O–H groups in total. The van der Waals surface area contributed by atoms with Gasteiger partial charge < -0.3 is 23.5 Å². The highest BCUT2D eigenvalue weighted by Gasteiger charge is 2.27. The Morgan fingerprint density at radius 3 is 1.75 bits per heavy atom. The average molecular weight is 198 g/mol. The SMILES string of the molecule is CCOC(C)=O.CO[Si](O)(O)O. The Hall–Kier alpha value is -0.473. The van der Waals surface area contributed by atoms with E-state index in [1.165, 1.54) is 6.92 Å². The second-order valence-electron chi connectivity index (χ2n) is 1.70. The maximum Gasteiger partial charge on any atom is 0.671 e. The van der Waals surface area contributed by atoms with Crippen molar-refractivity contribution in [3.05, 3.63) is 0 Å². The van der Waals surface area contributed by atoms with Crippen LogP contribution in [0.5, 0.6) is 0 Å². The Bertz CT molecular complexity index is 120. The molecule has 0 aliphatic rings. The van der Waals surface area contributed by atoms with Crippen LogP contribution in [0.3, 0.4) is 0 Å². The first-order valence-electron chi connectivity index (χ1n) is 3.19. The molecule has 0 aromatic rings. The summed E-state index contributed by atoms with van der Waals surface area (Å²) >= 11 is 0. The van der Waals surface area contributed by atoms with Gasteiger partial charge in [-0.2, -0.15) is 0 Å². The van der Waals surface area contributed by atoms with Gasteiger partial charge in [0, 0.05) is 14.0 Å². The highest BCUT2D eigenvalue weighted by atomic mass is 28.4. The third-order valence-electron chi connectivity index (χ3n) is 0.621. The maximum atomic E-state index is 9.82. The molecule has 74 valence electrons. The zero-order valence-electron chi connectivity index (χ0n) is 7.27. The molecular weight excluding hydrogens is 184 g/mol. The van der Waals surface area contributed by atoms with Crippen molar-refractivity contribution in [2.45, 2.75) is 13.8 Å². The molecule has 0 saturated carbocycles. The van der Waals surface area contributed by atoms with Crippen molar-refractivity contribution in [3.8, 4) is 0 Å². The molecule has 7 heteroatoms. The van der Waals surface area contributed by atoms with Crippen LogP contribution in [0.4, 0.5) is 0 Å². The highest BCUT2D eigenvalue weighted by Crippen LogP contribution is 1.80. The summed E-state index contributed by atoms with van der Waals surface area (Å²) in [4.78, 5) is 33.4. The molecule has 0 spiro atoms. The van der Waals surface area contributed by atoms with Gasteiger partial charge in [0.15, 0.2) is 0 Å². The van der Waals surface area contributed by atoms with Crippen LogP contribution in [-0.2, 0) is 14.0 Å². The molecule has 0 fully saturated rings. The van der Waals surface area contributed by atoms with E-state index in [4.69, 9.17) is 14.4 Å². The van der Waals surface area contributed by atoms with Crippen LogP contribution in [0.25, 0.3) is 0 Å². The monoisotopic (exact) mass is 198 g/mol. The molecule has 0 atom stereocenters. The summed E-state index contributed by atoms with van der Waals surface area (Å²) in [5.74, 6) is -0.211. The lowest BCUT2D eigenvalue weighted by molar-refractivity contribution is -0.140. The van der Waals surface area contributed by atoms with E-state index in [2.05, 4.69) is 9.16 Å². The Morgan fingerprint density at radius 1 is 1.42 bits per heavy atom. The molecule has 0 aromatic carbocycles. The Morgan fingerprint density at radius 2 is 1.75 bits per heavy atom. The van der Waals surface area contributed by atoms with E-state index in [1.54, 1.807) is 6.92 Å². The molecule has 0 unspecified atom stereocenters. The Kier molecular flexibility index (Phi) is 8.43. The van der Waals surface area contributed by atoms with Crippen LogP contribution in [0.15, 0.2) is 0 Å². The van der Waals surface area contributed by atoms with E-state index in [0.717, 1.165) is 7.11 Å². The predicted octanol–water partition coefficient (Wildman–Crippen LogP) is -1.39. The third-order valence-corrected chi connectivity index (χ3v) is 1.17. The molecule has 12 heavy (non-hydrogen) atoms. The first kappa shape index (κ1) is 14.1. The zero-order chi connectivity index (χ0) is 10.2. The van der Waals surface area contributed by atoms with Gasteiger partial charge in [-0.1, -0.05) is 0 Å². The van der Waals surface area contributed by atoms with Crippen LogP contribution in [-0.4, -0.2) is 43.1 Å². The Balaban J connectivity index is 0. The quantitative estimate of drug-likeness (QED) is 0.373. The summed E-state index contributed by atoms with van der Waals surface area (Å²) in [6.45, 7) is 3.65. The van der Waals surface area contributed by atoms with Crippen LogP contribution >= 0.6 is 0 Å². The van der Waals surface area contributed by atoms with Gasteiger partial charge in [-0.3, -0.25) is 4.79 Å². The molecule has 0 rings (SSSR count). The molecule has 0 amide bonds. The van der Waals surface area contributed by atoms with Crippen LogP contribution in [0.2, 0.25) is 0 Å². The highest BCUT2D eigenvalue weighted by molar-refractivity contribution is 6.48. The zero-order valence-corrected chi connectivity index (χ0v) is 8.27. The lowest BCUT2D eigenvalue weighted by Gasteiger charge is -2.01. The van der Waals surface area contributed by atoms with Crippen molar-refractivity contribution in [1.29, 1.82) is 0 Å². The molecule has 0 bridgehead atoms. The first-order chi connectivity index (χ1) is 5.33. The number of esters is 1. The molecule has 0 radical (unpaired) electrons. The minimum absolute atomic E-state index is 0.211. The number of hydrogen-bond acceptors (Lipinski definition) is 6. The molecule has 0 aliphatic carbocycles. The summed E-state index contributed by atoms with van der Waals surface area (Å²) in [5, 5.41) is 0. The minimum atomic E-state index is -4.13. The lowest BCUT2D eigenvalue weighted by atomic mass is 10.8. The van der Waals surface area contributed by atoms with Crippen LogP contribution in [0, 0.1) is 0 Å². The minimum Gasteiger partial charge on any atom is -0.466 e. The topological polar surface area (TPSA) is 96.2 Å². The van der Waals surface area contributed by atoms with E-state index >= 15 is 0 Å². The number of rotatable bonds is 2. The number of carbonyl (C=O) groups is 1. The maximum absolute atomic E-state index is 9.82. The molecular formula is C5H14O6Si. The fourth-order valence-electron chi connectivity index (χ4n) is 0.203. The number of ether oxygens (including phenoxy) is 1. The second-order valence-corrected chi connectivity index (χ2v) is 3.26. The Labute approximate surface area is 71.9 Å². The average Bonchev–Trinajstić information content (AvgIpc) is 1.87. The van der Waals surface area contributed by atoms with E-state index in [9.17, 15) is 4.79 Å². The lowest BCUT2D eigenvalue weighted by Crippen LogP contribution is -2.37. The van der Waals surface area contributed by atoms with Crippen molar-refractivity contribution in [2.75, 3.05) is 13.7 Å². The van der Waals surface area contributed by atoms with Gasteiger partial charge in [-0.15, -0.1) is 0 Å². The first-order valence-corrected chi connectivity index (χ1v) is 4.94.